The van der Waals surface area contributed by atoms with Gasteiger partial charge in [0.15, 0.2) is 0 Å². The Morgan fingerprint density at radius 1 is 0.583 bits per heavy atom. The van der Waals surface area contributed by atoms with E-state index in [1.807, 2.05) is 0 Å². The zero-order chi connectivity index (χ0) is 14.5. The molecule has 0 unspecified atom stereocenters. The minimum absolute atomic E-state index is 0. The van der Waals surface area contributed by atoms with Gasteiger partial charge in [0.25, 0.3) is 0 Å². The van der Waals surface area contributed by atoms with Gasteiger partial charge in [0, 0.05) is 21.3 Å². The quantitative estimate of drug-likeness (QED) is 0.284. The monoisotopic (exact) mass is 452 g/mol. The molecular weight excluding hydrogens is 412 g/mol. The number of halogens is 3. The van der Waals surface area contributed by atoms with Crippen molar-refractivity contribution < 1.29 is 37.0 Å². The topological polar surface area (TPSA) is 98.9 Å². The Balaban J connectivity index is -0.0000000244. The molecule has 1 fully saturated rings. The number of aliphatic hydroxyl groups excluding tert-OH is 3. The van der Waals surface area contributed by atoms with Gasteiger partial charge < -0.3 is 46.1 Å². The molecule has 24 heavy (non-hydrogen) atoms. The Kier molecular flexibility index (Phi) is 175. The van der Waals surface area contributed by atoms with E-state index in [0.29, 0.717) is 0 Å². The Hall–Kier alpha value is 1.34. The maximum absolute atomic E-state index is 7.00. The van der Waals surface area contributed by atoms with Crippen LogP contribution in [-0.2, 0) is 21.7 Å². The van der Waals surface area contributed by atoms with Gasteiger partial charge in [-0.25, -0.2) is 0 Å². The van der Waals surface area contributed by atoms with Crippen molar-refractivity contribution in [3.8, 4) is 0 Å². The predicted octanol–water partition coefficient (Wildman–Crippen LogP) is 1.71. The number of aliphatic hydroxyl groups is 3. The van der Waals surface area contributed by atoms with E-state index in [2.05, 4.69) is 16.0 Å². The van der Waals surface area contributed by atoms with Crippen LogP contribution in [0.3, 0.4) is 0 Å². The smallest absolute Gasteiger partial charge is 0.662 e. The van der Waals surface area contributed by atoms with Crippen molar-refractivity contribution in [2.24, 2.45) is 0 Å². The van der Waals surface area contributed by atoms with Crippen LogP contribution in [0.25, 0.3) is 5.32 Å². The molecule has 5 N–H and O–H groups in total. The second kappa shape index (κ2) is 74.5. The van der Waals surface area contributed by atoms with E-state index in [-0.39, 0.29) is 73.8 Å². The van der Waals surface area contributed by atoms with Crippen LogP contribution in [0.2, 0.25) is 0 Å². The van der Waals surface area contributed by atoms with Gasteiger partial charge in [-0.05, 0) is 32.6 Å². The molecule has 1 saturated heterocycles. The number of hydrogen-bond donors (Lipinski definition) is 5. The van der Waals surface area contributed by atoms with Crippen molar-refractivity contribution in [3.63, 3.8) is 0 Å². The molecule has 0 aromatic rings. The SMILES string of the molecule is C1C[N-]CCCNCCCNC1.CO.CO.CO.Cl.Cl.Cl.[CH3-].[CH3-].[Ti+3]. The standard InChI is InChI=1S/C9H20N3.3CH4O.2CH3.3ClH.Ti/c1-4-10-6-2-8-12-9-3-7-11-5-1;3*1-2;;;;;;/h10-11H,1-9H2;3*2H,1H3;2*1H3;3*1H;/q-1;;;;2*-1;;;;+3. The second-order valence-corrected chi connectivity index (χ2v) is 3.23. The average Bonchev–Trinajstić information content (AvgIpc) is 2.46. The third kappa shape index (κ3) is 65.5. The van der Waals surface area contributed by atoms with Crippen LogP contribution in [0, 0.1) is 14.9 Å². The Morgan fingerprint density at radius 2 is 0.833 bits per heavy atom. The molecule has 6 nitrogen and oxygen atoms in total. The van der Waals surface area contributed by atoms with Crippen molar-refractivity contribution in [3.05, 3.63) is 20.2 Å². The number of rotatable bonds is 0. The van der Waals surface area contributed by atoms with Crippen molar-refractivity contribution in [1.29, 1.82) is 0 Å². The number of nitrogens with zero attached hydrogens (tertiary/aromatic N) is 1. The van der Waals surface area contributed by atoms with Gasteiger partial charge in [-0.15, -0.1) is 50.3 Å². The fourth-order valence-electron chi connectivity index (χ4n) is 1.33. The van der Waals surface area contributed by atoms with Crippen molar-refractivity contribution >= 4 is 37.2 Å². The molecule has 0 atom stereocenters. The molecule has 1 radical (unpaired) electrons. The molecule has 0 aliphatic carbocycles. The molecule has 1 aliphatic rings. The van der Waals surface area contributed by atoms with Crippen molar-refractivity contribution in [2.45, 2.75) is 19.3 Å². The normalized spacial score (nSPS) is 12.8. The maximum Gasteiger partial charge on any atom is 3.00 e. The first-order valence-corrected chi connectivity index (χ1v) is 6.39. The largest absolute Gasteiger partial charge is 3.00 e. The van der Waals surface area contributed by atoms with E-state index in [1.165, 1.54) is 19.3 Å². The molecule has 1 aliphatic heterocycles. The molecule has 1 heterocycles. The van der Waals surface area contributed by atoms with E-state index in [9.17, 15) is 0 Å². The number of hydrogen-bond acceptors (Lipinski definition) is 5. The Labute approximate surface area is 184 Å². The van der Waals surface area contributed by atoms with Gasteiger partial charge in [0.05, 0.1) is 0 Å². The summed E-state index contributed by atoms with van der Waals surface area (Å²) >= 11 is 0. The first-order valence-electron chi connectivity index (χ1n) is 6.39. The molecule has 0 aromatic heterocycles. The van der Waals surface area contributed by atoms with Crippen LogP contribution in [0.15, 0.2) is 0 Å². The van der Waals surface area contributed by atoms with Gasteiger partial charge in [0.2, 0.25) is 0 Å². The fourth-order valence-corrected chi connectivity index (χ4v) is 1.33. The van der Waals surface area contributed by atoms with E-state index < -0.39 is 0 Å². The van der Waals surface area contributed by atoms with Crippen molar-refractivity contribution in [1.82, 2.24) is 10.6 Å². The van der Waals surface area contributed by atoms with Crippen LogP contribution >= 0.6 is 37.2 Å². The van der Waals surface area contributed by atoms with Gasteiger partial charge in [-0.1, -0.05) is 12.8 Å². The third-order valence-corrected chi connectivity index (χ3v) is 2.05. The number of nitrogens with one attached hydrogen (secondary N) is 2. The summed E-state index contributed by atoms with van der Waals surface area (Å²) in [6.45, 7) is 6.62. The van der Waals surface area contributed by atoms with E-state index in [4.69, 9.17) is 15.3 Å². The second-order valence-electron chi connectivity index (χ2n) is 3.23. The van der Waals surface area contributed by atoms with Crippen LogP contribution in [0.5, 0.6) is 0 Å². The minimum Gasteiger partial charge on any atom is -0.662 e. The van der Waals surface area contributed by atoms with Crippen LogP contribution in [0.4, 0.5) is 0 Å². The molecule has 1 rings (SSSR count). The molecule has 0 aromatic carbocycles. The first-order chi connectivity index (χ1) is 9.00. The fraction of sp³-hybridized carbons (Fsp3) is 0.857. The molecule has 0 spiro atoms. The zero-order valence-corrected chi connectivity index (χ0v) is 19.9. The Morgan fingerprint density at radius 3 is 1.12 bits per heavy atom. The van der Waals surface area contributed by atoms with Gasteiger partial charge in [0.1, 0.15) is 0 Å². The molecule has 0 amide bonds. The minimum atomic E-state index is 0. The van der Waals surface area contributed by atoms with Crippen LogP contribution < -0.4 is 10.6 Å². The molecule has 155 valence electrons. The summed E-state index contributed by atoms with van der Waals surface area (Å²) in [4.78, 5) is 0. The predicted molar refractivity (Wildman–Crippen MR) is 112 cm³/mol. The summed E-state index contributed by atoms with van der Waals surface area (Å²) in [7, 11) is 3.00. The molecule has 0 bridgehead atoms. The average molecular weight is 454 g/mol. The van der Waals surface area contributed by atoms with E-state index in [0.717, 1.165) is 60.6 Å². The summed E-state index contributed by atoms with van der Waals surface area (Å²) < 4.78 is 0. The van der Waals surface area contributed by atoms with Crippen LogP contribution in [-0.4, -0.2) is 75.9 Å². The van der Waals surface area contributed by atoms with Crippen molar-refractivity contribution in [2.75, 3.05) is 60.6 Å². The third-order valence-electron chi connectivity index (χ3n) is 2.05. The maximum atomic E-state index is 7.00. The molecule has 0 saturated carbocycles. The molecule has 10 heteroatoms. The molecular formula is C14H41Cl3N3O3Ti. The summed E-state index contributed by atoms with van der Waals surface area (Å²) in [5.41, 5.74) is 0. The van der Waals surface area contributed by atoms with E-state index >= 15 is 0 Å². The zero-order valence-electron chi connectivity index (χ0n) is 15.9. The summed E-state index contributed by atoms with van der Waals surface area (Å²) in [6, 6.07) is 0. The summed E-state index contributed by atoms with van der Waals surface area (Å²) in [5, 5.41) is 32.2. The van der Waals surface area contributed by atoms with Crippen LogP contribution in [0.1, 0.15) is 19.3 Å². The van der Waals surface area contributed by atoms with Gasteiger partial charge in [-0.2, -0.15) is 0 Å². The summed E-state index contributed by atoms with van der Waals surface area (Å²) in [6.07, 6.45) is 3.65. The van der Waals surface area contributed by atoms with Gasteiger partial charge >= 0.3 is 21.7 Å². The summed E-state index contributed by atoms with van der Waals surface area (Å²) in [5.74, 6) is 0. The first kappa shape index (κ1) is 56.2. The Bertz CT molecular complexity index is 85.5. The van der Waals surface area contributed by atoms with E-state index in [1.54, 1.807) is 0 Å². The van der Waals surface area contributed by atoms with Gasteiger partial charge in [-0.3, -0.25) is 0 Å².